The Labute approximate surface area is 114 Å². The summed E-state index contributed by atoms with van der Waals surface area (Å²) in [6.07, 6.45) is 2.24. The van der Waals surface area contributed by atoms with Gasteiger partial charge in [-0.3, -0.25) is 4.90 Å². The van der Waals surface area contributed by atoms with E-state index in [-0.39, 0.29) is 0 Å². The van der Waals surface area contributed by atoms with Gasteiger partial charge in [0, 0.05) is 44.0 Å². The molecule has 1 aromatic heterocycles. The van der Waals surface area contributed by atoms with Crippen LogP contribution in [0.2, 0.25) is 0 Å². The first kappa shape index (κ1) is 13.8. The molecule has 1 aliphatic heterocycles. The summed E-state index contributed by atoms with van der Waals surface area (Å²) in [7, 11) is 4.21. The lowest BCUT2D eigenvalue weighted by atomic mass is 10.1. The van der Waals surface area contributed by atoms with Crippen LogP contribution in [0.5, 0.6) is 0 Å². The van der Waals surface area contributed by atoms with Gasteiger partial charge in [-0.15, -0.1) is 11.3 Å². The smallest absolute Gasteiger partial charge is 0.185 e. The Hall–Kier alpha value is -0.650. The average Bonchev–Trinajstić information content (AvgIpc) is 2.85. The van der Waals surface area contributed by atoms with Crippen LogP contribution in [0.1, 0.15) is 19.0 Å². The predicted molar refractivity (Wildman–Crippen MR) is 78.7 cm³/mol. The topological polar surface area (TPSA) is 31.4 Å². The van der Waals surface area contributed by atoms with Crippen LogP contribution in [-0.4, -0.2) is 56.2 Å². The summed E-state index contributed by atoms with van der Waals surface area (Å²) in [5, 5.41) is 6.57. The van der Waals surface area contributed by atoms with Gasteiger partial charge in [0.15, 0.2) is 5.13 Å². The minimum absolute atomic E-state index is 0.670. The highest BCUT2D eigenvalue weighted by molar-refractivity contribution is 7.13. The summed E-state index contributed by atoms with van der Waals surface area (Å²) in [4.78, 5) is 9.66. The van der Waals surface area contributed by atoms with Crippen molar-refractivity contribution in [1.82, 2.24) is 15.2 Å². The van der Waals surface area contributed by atoms with Crippen molar-refractivity contribution in [3.8, 4) is 0 Å². The second-order valence-corrected chi connectivity index (χ2v) is 5.80. The Kier molecular flexibility index (Phi) is 4.97. The number of aromatic nitrogens is 1. The number of anilines is 1. The van der Waals surface area contributed by atoms with Gasteiger partial charge in [-0.25, -0.2) is 4.98 Å². The molecule has 18 heavy (non-hydrogen) atoms. The zero-order valence-electron chi connectivity index (χ0n) is 11.6. The van der Waals surface area contributed by atoms with Crippen molar-refractivity contribution in [3.63, 3.8) is 0 Å². The molecular weight excluding hydrogens is 244 g/mol. The number of hydrogen-bond donors (Lipinski definition) is 1. The molecule has 1 atom stereocenters. The van der Waals surface area contributed by atoms with Gasteiger partial charge in [0.25, 0.3) is 0 Å². The van der Waals surface area contributed by atoms with Crippen LogP contribution >= 0.6 is 11.3 Å². The van der Waals surface area contributed by atoms with Gasteiger partial charge in [-0.05, 0) is 20.5 Å². The molecule has 2 rings (SSSR count). The quantitative estimate of drug-likeness (QED) is 0.875. The maximum Gasteiger partial charge on any atom is 0.185 e. The molecule has 0 saturated carbocycles. The van der Waals surface area contributed by atoms with Crippen LogP contribution in [0.15, 0.2) is 5.38 Å². The molecule has 1 N–H and O–H groups in total. The van der Waals surface area contributed by atoms with Crippen LogP contribution in [0.3, 0.4) is 0 Å². The highest BCUT2D eigenvalue weighted by Crippen LogP contribution is 2.24. The van der Waals surface area contributed by atoms with Crippen LogP contribution in [0.4, 0.5) is 5.13 Å². The highest BCUT2D eigenvalue weighted by atomic mass is 32.1. The van der Waals surface area contributed by atoms with Gasteiger partial charge in [-0.1, -0.05) is 6.92 Å². The lowest BCUT2D eigenvalue weighted by Crippen LogP contribution is -2.51. The Bertz CT molecular complexity index is 366. The third-order valence-corrected chi connectivity index (χ3v) is 4.64. The van der Waals surface area contributed by atoms with Gasteiger partial charge < -0.3 is 10.2 Å². The van der Waals surface area contributed by atoms with Crippen LogP contribution < -0.4 is 10.2 Å². The van der Waals surface area contributed by atoms with Gasteiger partial charge in [-0.2, -0.15) is 0 Å². The first-order chi connectivity index (χ1) is 8.74. The van der Waals surface area contributed by atoms with Gasteiger partial charge in [0.1, 0.15) is 0 Å². The Balaban J connectivity index is 1.96. The van der Waals surface area contributed by atoms with Crippen molar-refractivity contribution >= 4 is 16.5 Å². The SMILES string of the molecule is CCC1CN(c2nc(CCNC)cs2)CCN1C. The number of nitrogens with one attached hydrogen (secondary N) is 1. The zero-order chi connectivity index (χ0) is 13.0. The molecule has 102 valence electrons. The number of nitrogens with zero attached hydrogens (tertiary/aromatic N) is 3. The summed E-state index contributed by atoms with van der Waals surface area (Å²) in [6.45, 7) is 6.64. The van der Waals surface area contributed by atoms with E-state index in [0.29, 0.717) is 6.04 Å². The summed E-state index contributed by atoms with van der Waals surface area (Å²) in [6, 6.07) is 0.670. The molecule has 0 aliphatic carbocycles. The molecular formula is C13H24N4S. The fraction of sp³-hybridized carbons (Fsp3) is 0.769. The summed E-state index contributed by atoms with van der Waals surface area (Å²) < 4.78 is 0. The van der Waals surface area contributed by atoms with Crippen molar-refractivity contribution in [1.29, 1.82) is 0 Å². The lowest BCUT2D eigenvalue weighted by molar-refractivity contribution is 0.213. The van der Waals surface area contributed by atoms with Crippen LogP contribution in [0.25, 0.3) is 0 Å². The molecule has 1 aromatic rings. The normalized spacial score (nSPS) is 21.5. The largest absolute Gasteiger partial charge is 0.345 e. The van der Waals surface area contributed by atoms with E-state index >= 15 is 0 Å². The maximum atomic E-state index is 4.75. The number of thiazole rings is 1. The highest BCUT2D eigenvalue weighted by Gasteiger charge is 2.24. The molecule has 1 saturated heterocycles. The summed E-state index contributed by atoms with van der Waals surface area (Å²) in [5.74, 6) is 0. The van der Waals surface area contributed by atoms with E-state index in [1.54, 1.807) is 11.3 Å². The van der Waals surface area contributed by atoms with Crippen molar-refractivity contribution in [2.75, 3.05) is 45.2 Å². The molecule has 0 radical (unpaired) electrons. The number of piperazine rings is 1. The lowest BCUT2D eigenvalue weighted by Gasteiger charge is -2.39. The molecule has 0 bridgehead atoms. The van der Waals surface area contributed by atoms with Crippen molar-refractivity contribution in [3.05, 3.63) is 11.1 Å². The fourth-order valence-corrected chi connectivity index (χ4v) is 3.27. The summed E-state index contributed by atoms with van der Waals surface area (Å²) in [5.41, 5.74) is 1.22. The molecule has 2 heterocycles. The van der Waals surface area contributed by atoms with E-state index in [1.807, 2.05) is 7.05 Å². The average molecular weight is 268 g/mol. The minimum atomic E-state index is 0.670. The predicted octanol–water partition coefficient (Wildman–Crippen LogP) is 1.44. The van der Waals surface area contributed by atoms with Gasteiger partial charge >= 0.3 is 0 Å². The summed E-state index contributed by atoms with van der Waals surface area (Å²) >= 11 is 1.79. The van der Waals surface area contributed by atoms with Crippen LogP contribution in [-0.2, 0) is 6.42 Å². The Morgan fingerprint density at radius 1 is 1.50 bits per heavy atom. The molecule has 0 spiro atoms. The first-order valence-corrected chi connectivity index (χ1v) is 7.66. The van der Waals surface area contributed by atoms with E-state index in [1.165, 1.54) is 17.2 Å². The fourth-order valence-electron chi connectivity index (χ4n) is 2.37. The number of rotatable bonds is 5. The van der Waals surface area contributed by atoms with E-state index in [9.17, 15) is 0 Å². The third-order valence-electron chi connectivity index (χ3n) is 3.69. The van der Waals surface area contributed by atoms with Crippen LogP contribution in [0, 0.1) is 0 Å². The van der Waals surface area contributed by atoms with Gasteiger partial charge in [0.05, 0.1) is 5.69 Å². The Morgan fingerprint density at radius 3 is 3.06 bits per heavy atom. The van der Waals surface area contributed by atoms with Crippen molar-refractivity contribution in [2.24, 2.45) is 0 Å². The molecule has 4 nitrogen and oxygen atoms in total. The van der Waals surface area contributed by atoms with E-state index < -0.39 is 0 Å². The minimum Gasteiger partial charge on any atom is -0.345 e. The second kappa shape index (κ2) is 6.50. The molecule has 5 heteroatoms. The molecule has 0 aromatic carbocycles. The number of likely N-dealkylation sites (N-methyl/N-ethyl adjacent to an activating group) is 2. The standard InChI is InChI=1S/C13H24N4S/c1-4-12-9-17(8-7-16(12)3)13-15-11(10-18-13)5-6-14-2/h10,12,14H,4-9H2,1-3H3. The Morgan fingerprint density at radius 2 is 2.33 bits per heavy atom. The molecule has 1 fully saturated rings. The second-order valence-electron chi connectivity index (χ2n) is 4.96. The maximum absolute atomic E-state index is 4.75. The number of hydrogen-bond acceptors (Lipinski definition) is 5. The first-order valence-electron chi connectivity index (χ1n) is 6.78. The molecule has 1 unspecified atom stereocenters. The molecule has 0 amide bonds. The monoisotopic (exact) mass is 268 g/mol. The van der Waals surface area contributed by atoms with Crippen molar-refractivity contribution in [2.45, 2.75) is 25.8 Å². The van der Waals surface area contributed by atoms with E-state index in [4.69, 9.17) is 4.98 Å². The van der Waals surface area contributed by atoms with E-state index in [2.05, 4.69) is 34.5 Å². The molecule has 1 aliphatic rings. The third kappa shape index (κ3) is 3.22. The van der Waals surface area contributed by atoms with E-state index in [0.717, 1.165) is 32.6 Å². The zero-order valence-corrected chi connectivity index (χ0v) is 12.5. The van der Waals surface area contributed by atoms with Gasteiger partial charge in [0.2, 0.25) is 0 Å². The van der Waals surface area contributed by atoms with Crippen molar-refractivity contribution < 1.29 is 0 Å².